The molecule has 0 aromatic heterocycles. The van der Waals surface area contributed by atoms with Crippen LogP contribution in [0.4, 0.5) is 5.69 Å². The number of aromatic hydroxyl groups is 4. The first-order chi connectivity index (χ1) is 19.7. The first-order valence-corrected chi connectivity index (χ1v) is 13.4. The largest absolute Gasteiger partial charge is 0.851 e. The highest BCUT2D eigenvalue weighted by molar-refractivity contribution is 6.17. The molecule has 41 heavy (non-hydrogen) atoms. The normalized spacial score (nSPS) is 20.6. The van der Waals surface area contributed by atoms with E-state index in [0.29, 0.717) is 54.2 Å². The maximum Gasteiger partial charge on any atom is 0.123 e. The van der Waals surface area contributed by atoms with Gasteiger partial charge in [0.1, 0.15) is 23.0 Å². The van der Waals surface area contributed by atoms with Crippen molar-refractivity contribution in [2.45, 2.75) is 24.0 Å². The number of benzene rings is 6. The zero-order chi connectivity index (χ0) is 28.7. The Kier molecular flexibility index (Phi) is 5.48. The Balaban J connectivity index is 1.53. The van der Waals surface area contributed by atoms with Gasteiger partial charge >= 0.3 is 0 Å². The minimum Gasteiger partial charge on any atom is -0.851 e. The van der Waals surface area contributed by atoms with Crippen LogP contribution in [0.5, 0.6) is 23.0 Å². The van der Waals surface area contributed by atoms with E-state index in [9.17, 15) is 30.6 Å². The summed E-state index contributed by atoms with van der Waals surface area (Å²) in [6, 6.07) is 21.9. The van der Waals surface area contributed by atoms with Gasteiger partial charge < -0.3 is 35.5 Å². The SMILES string of the molecule is CN(C)c1c2cccc(O)c2c(C2C([O-])C(c3c4c(O)cccc4cc4cccc(O)c34)C2[O-])c2c(O)cccc12. The van der Waals surface area contributed by atoms with Gasteiger partial charge in [-0.25, -0.2) is 0 Å². The lowest BCUT2D eigenvalue weighted by Crippen LogP contribution is -2.63. The summed E-state index contributed by atoms with van der Waals surface area (Å²) in [5.74, 6) is -2.52. The van der Waals surface area contributed by atoms with Crippen molar-refractivity contribution in [2.75, 3.05) is 19.0 Å². The van der Waals surface area contributed by atoms with Crippen LogP contribution in [0.2, 0.25) is 0 Å². The molecule has 1 aliphatic carbocycles. The molecule has 206 valence electrons. The van der Waals surface area contributed by atoms with Gasteiger partial charge in [-0.3, -0.25) is 0 Å². The van der Waals surface area contributed by atoms with Crippen molar-refractivity contribution in [3.05, 3.63) is 90.0 Å². The summed E-state index contributed by atoms with van der Waals surface area (Å²) >= 11 is 0. The molecule has 6 aromatic carbocycles. The Morgan fingerprint density at radius 2 is 0.902 bits per heavy atom. The van der Waals surface area contributed by atoms with Crippen LogP contribution in [0.1, 0.15) is 23.0 Å². The predicted molar refractivity (Wildman–Crippen MR) is 157 cm³/mol. The number of rotatable bonds is 3. The van der Waals surface area contributed by atoms with Crippen molar-refractivity contribution in [3.8, 4) is 23.0 Å². The molecular weight excluding hydrogens is 518 g/mol. The molecule has 0 bridgehead atoms. The van der Waals surface area contributed by atoms with Crippen LogP contribution < -0.4 is 15.1 Å². The molecule has 0 amide bonds. The van der Waals surface area contributed by atoms with E-state index in [2.05, 4.69) is 0 Å². The zero-order valence-corrected chi connectivity index (χ0v) is 22.4. The summed E-state index contributed by atoms with van der Waals surface area (Å²) in [6.45, 7) is 0. The van der Waals surface area contributed by atoms with Crippen molar-refractivity contribution in [3.63, 3.8) is 0 Å². The number of phenolic OH excluding ortho intramolecular Hbond substituents is 4. The maximum atomic E-state index is 14.4. The number of hydrogen-bond donors (Lipinski definition) is 4. The van der Waals surface area contributed by atoms with E-state index >= 15 is 0 Å². The lowest BCUT2D eigenvalue weighted by molar-refractivity contribution is -0.535. The van der Waals surface area contributed by atoms with Crippen molar-refractivity contribution in [2.24, 2.45) is 0 Å². The molecule has 7 heteroatoms. The van der Waals surface area contributed by atoms with Gasteiger partial charge in [0.15, 0.2) is 0 Å². The molecule has 0 heterocycles. The standard InChI is InChI=1S/C34H27NO6/c1-35(2)32-18-9-5-13-22(38)26(18)29(27-19(32)10-6-14-23(27)39)31-33(40)30(34(31)41)28-24-16(7-3-11-20(24)36)15-17-8-4-12-21(37)25(17)28/h3-15,30-31,33-34,36-39H,1-2H3/q-2. The molecule has 0 radical (unpaired) electrons. The topological polar surface area (TPSA) is 130 Å². The van der Waals surface area contributed by atoms with Crippen LogP contribution in [-0.4, -0.2) is 46.7 Å². The molecule has 1 saturated carbocycles. The van der Waals surface area contributed by atoms with Crippen LogP contribution in [0, 0.1) is 0 Å². The first kappa shape index (κ1) is 25.3. The highest BCUT2D eigenvalue weighted by Crippen LogP contribution is 2.56. The molecular formula is C34H27NO6-2. The van der Waals surface area contributed by atoms with Gasteiger partial charge in [0.2, 0.25) is 0 Å². The second kappa shape index (κ2) is 8.89. The number of hydrogen-bond acceptors (Lipinski definition) is 7. The predicted octanol–water partition coefficient (Wildman–Crippen LogP) is 4.53. The molecule has 1 aliphatic rings. The smallest absolute Gasteiger partial charge is 0.123 e. The Morgan fingerprint density at radius 1 is 0.537 bits per heavy atom. The first-order valence-electron chi connectivity index (χ1n) is 13.4. The van der Waals surface area contributed by atoms with Gasteiger partial charge in [-0.2, -0.15) is 0 Å². The zero-order valence-electron chi connectivity index (χ0n) is 22.4. The van der Waals surface area contributed by atoms with Crippen molar-refractivity contribution < 1.29 is 30.6 Å². The quantitative estimate of drug-likeness (QED) is 0.241. The van der Waals surface area contributed by atoms with E-state index < -0.39 is 24.0 Å². The van der Waals surface area contributed by atoms with Gasteiger partial charge in [-0.05, 0) is 64.1 Å². The third kappa shape index (κ3) is 3.40. The second-order valence-electron chi connectivity index (χ2n) is 11.1. The number of fused-ring (bicyclic) bond motifs is 4. The average molecular weight is 546 g/mol. The Morgan fingerprint density at radius 3 is 1.32 bits per heavy atom. The van der Waals surface area contributed by atoms with Gasteiger partial charge in [0.25, 0.3) is 0 Å². The fourth-order valence-electron chi connectivity index (χ4n) is 7.03. The van der Waals surface area contributed by atoms with Crippen LogP contribution in [0.25, 0.3) is 43.1 Å². The second-order valence-corrected chi connectivity index (χ2v) is 11.1. The van der Waals surface area contributed by atoms with E-state index in [1.807, 2.05) is 37.2 Å². The average Bonchev–Trinajstić information content (AvgIpc) is 2.93. The lowest BCUT2D eigenvalue weighted by atomic mass is 9.60. The Labute approximate surface area is 235 Å². The Hall–Kier alpha value is -4.72. The molecule has 0 spiro atoms. The third-order valence-electron chi connectivity index (χ3n) is 8.66. The van der Waals surface area contributed by atoms with Crippen LogP contribution in [0.15, 0.2) is 78.9 Å². The molecule has 0 aliphatic heterocycles. The van der Waals surface area contributed by atoms with Crippen molar-refractivity contribution in [1.82, 2.24) is 0 Å². The lowest BCUT2D eigenvalue weighted by Gasteiger charge is -2.62. The van der Waals surface area contributed by atoms with Crippen LogP contribution in [0.3, 0.4) is 0 Å². The molecule has 6 aromatic rings. The summed E-state index contributed by atoms with van der Waals surface area (Å²) in [7, 11) is 3.72. The van der Waals surface area contributed by atoms with Gasteiger partial charge in [-0.1, -0.05) is 48.5 Å². The molecule has 7 nitrogen and oxygen atoms in total. The summed E-state index contributed by atoms with van der Waals surface area (Å²) in [5, 5.41) is 76.9. The van der Waals surface area contributed by atoms with Gasteiger partial charge in [0, 0.05) is 46.4 Å². The molecule has 2 atom stereocenters. The summed E-state index contributed by atoms with van der Waals surface area (Å²) in [4.78, 5) is 1.88. The van der Waals surface area contributed by atoms with E-state index in [0.717, 1.165) is 5.69 Å². The Bertz CT molecular complexity index is 1900. The van der Waals surface area contributed by atoms with Crippen LogP contribution in [-0.2, 0) is 0 Å². The monoisotopic (exact) mass is 545 g/mol. The van der Waals surface area contributed by atoms with Crippen molar-refractivity contribution >= 4 is 48.8 Å². The molecule has 2 unspecified atom stereocenters. The highest BCUT2D eigenvalue weighted by Gasteiger charge is 2.43. The number of phenols is 4. The molecule has 1 fully saturated rings. The molecule has 0 saturated heterocycles. The van der Waals surface area contributed by atoms with E-state index in [4.69, 9.17) is 0 Å². The summed E-state index contributed by atoms with van der Waals surface area (Å²) in [5.41, 5.74) is 1.41. The fourth-order valence-corrected chi connectivity index (χ4v) is 7.03. The number of nitrogens with zero attached hydrogens (tertiary/aromatic N) is 1. The highest BCUT2D eigenvalue weighted by atomic mass is 16.3. The maximum absolute atomic E-state index is 14.4. The van der Waals surface area contributed by atoms with Crippen LogP contribution >= 0.6 is 0 Å². The fraction of sp³-hybridized carbons (Fsp3) is 0.176. The minimum atomic E-state index is -1.48. The molecule has 7 rings (SSSR count). The summed E-state index contributed by atoms with van der Waals surface area (Å²) < 4.78 is 0. The van der Waals surface area contributed by atoms with E-state index in [-0.39, 0.29) is 23.0 Å². The number of anilines is 1. The van der Waals surface area contributed by atoms with E-state index in [1.165, 1.54) is 24.3 Å². The summed E-state index contributed by atoms with van der Waals surface area (Å²) in [6.07, 6.45) is -2.97. The molecule has 4 N–H and O–H groups in total. The minimum absolute atomic E-state index is 0.0768. The van der Waals surface area contributed by atoms with Crippen molar-refractivity contribution in [1.29, 1.82) is 0 Å². The van der Waals surface area contributed by atoms with E-state index in [1.54, 1.807) is 36.4 Å². The third-order valence-corrected chi connectivity index (χ3v) is 8.66. The van der Waals surface area contributed by atoms with Gasteiger partial charge in [0.05, 0.1) is 5.69 Å². The van der Waals surface area contributed by atoms with Gasteiger partial charge in [-0.15, -0.1) is 12.2 Å².